The molecule has 1 aliphatic rings. The lowest BCUT2D eigenvalue weighted by Crippen LogP contribution is -2.55. The molecule has 96 heavy (non-hydrogen) atoms. The number of alkyl halides is 12. The zero-order valence-electron chi connectivity index (χ0n) is 55.4. The van der Waals surface area contributed by atoms with Crippen molar-refractivity contribution in [3.8, 4) is 0 Å². The summed E-state index contributed by atoms with van der Waals surface area (Å²) in [5.41, 5.74) is -6.60. The van der Waals surface area contributed by atoms with Crippen molar-refractivity contribution in [2.24, 2.45) is 23.7 Å². The molecule has 2 aromatic carbocycles. The molecular weight excluding hydrogens is 1300 g/mol. The van der Waals surface area contributed by atoms with Crippen LogP contribution >= 0.6 is 0 Å². The molecule has 1 saturated heterocycles. The standard InChI is InChI=1S/C64H80F12N8O12/c1-33(2)23-43-57(89)93-37(9)53(85)79(11)46(26-36(7)8)60(92)96-48(28-40-17-21-42(22-18-40)32-84-52(64(74,75)76)30-50(78-84)62(68,69)70)56(88)82(14)44(24-34(3)4)58(90)94-38(10)54(86)80(12)45(25-35(5)6)59(91)95-47(55(87)81(43)13)27-39-15-19-41(20-16-39)31-83-51(63(71,72)73)29-49(77-83)61(65,66)67/h15-22,29-30,33-38,43-48H,23-28,31-32H2,1-14H3/t37-,38-,43+,44+,45+,46+,47-,48-/m1/s1. The van der Waals surface area contributed by atoms with Crippen LogP contribution in [0.4, 0.5) is 52.7 Å². The van der Waals surface area contributed by atoms with Gasteiger partial charge in [-0.15, -0.1) is 0 Å². The van der Waals surface area contributed by atoms with Gasteiger partial charge in [-0.25, -0.2) is 19.2 Å². The van der Waals surface area contributed by atoms with Gasteiger partial charge in [0.05, 0.1) is 13.1 Å². The van der Waals surface area contributed by atoms with E-state index in [2.05, 4.69) is 10.2 Å². The fourth-order valence-corrected chi connectivity index (χ4v) is 10.6. The first-order valence-corrected chi connectivity index (χ1v) is 30.7. The molecule has 0 saturated carbocycles. The van der Waals surface area contributed by atoms with E-state index in [1.807, 2.05) is 0 Å². The van der Waals surface area contributed by atoms with Crippen LogP contribution in [-0.2, 0) is 108 Å². The van der Waals surface area contributed by atoms with E-state index >= 15 is 9.59 Å². The number of carbonyl (C=O) groups is 8. The monoisotopic (exact) mass is 1380 g/mol. The zero-order valence-corrected chi connectivity index (χ0v) is 55.4. The average molecular weight is 1380 g/mol. The lowest BCUT2D eigenvalue weighted by atomic mass is 9.99. The molecule has 0 bridgehead atoms. The van der Waals surface area contributed by atoms with Crippen molar-refractivity contribution in [1.29, 1.82) is 0 Å². The molecule has 532 valence electrons. The second-order valence-corrected chi connectivity index (χ2v) is 25.6. The molecule has 3 heterocycles. The maximum absolute atomic E-state index is 15.0. The van der Waals surface area contributed by atoms with Crippen LogP contribution in [0.3, 0.4) is 0 Å². The summed E-state index contributed by atoms with van der Waals surface area (Å²) in [6.45, 7) is 14.2. The number of amides is 4. The molecule has 1 aliphatic heterocycles. The number of hydrogen-bond donors (Lipinski definition) is 0. The van der Waals surface area contributed by atoms with Crippen LogP contribution in [-0.4, -0.2) is 163 Å². The first-order valence-electron chi connectivity index (χ1n) is 30.7. The van der Waals surface area contributed by atoms with Crippen LogP contribution in [0.1, 0.15) is 140 Å². The van der Waals surface area contributed by atoms with Crippen molar-refractivity contribution in [1.82, 2.24) is 39.2 Å². The maximum Gasteiger partial charge on any atom is 0.435 e. The van der Waals surface area contributed by atoms with Crippen LogP contribution in [0.2, 0.25) is 0 Å². The summed E-state index contributed by atoms with van der Waals surface area (Å²) in [6, 6.07) is 3.60. The van der Waals surface area contributed by atoms with E-state index < -0.39 is 193 Å². The summed E-state index contributed by atoms with van der Waals surface area (Å²) < 4.78 is 189. The number of aromatic nitrogens is 4. The van der Waals surface area contributed by atoms with Gasteiger partial charge < -0.3 is 38.5 Å². The highest BCUT2D eigenvalue weighted by Crippen LogP contribution is 2.38. The number of esters is 4. The molecule has 0 aliphatic carbocycles. The highest BCUT2D eigenvalue weighted by molar-refractivity contribution is 5.94. The molecule has 8 atom stereocenters. The van der Waals surface area contributed by atoms with E-state index in [-0.39, 0.29) is 69.4 Å². The molecule has 4 aromatic rings. The van der Waals surface area contributed by atoms with Crippen molar-refractivity contribution in [3.63, 3.8) is 0 Å². The highest BCUT2D eigenvalue weighted by Gasteiger charge is 2.46. The van der Waals surface area contributed by atoms with Crippen molar-refractivity contribution >= 4 is 47.5 Å². The van der Waals surface area contributed by atoms with E-state index in [1.54, 1.807) is 55.4 Å². The number of cyclic esters (lactones) is 4. The third-order valence-electron chi connectivity index (χ3n) is 15.8. The Balaban J connectivity index is 1.60. The number of carbonyl (C=O) groups excluding carboxylic acids is 8. The molecule has 0 unspecified atom stereocenters. The molecule has 0 spiro atoms. The second-order valence-electron chi connectivity index (χ2n) is 25.6. The smallest absolute Gasteiger partial charge is 0.435 e. The third kappa shape index (κ3) is 20.9. The number of rotatable bonds is 16. The van der Waals surface area contributed by atoms with Gasteiger partial charge in [0.2, 0.25) is 0 Å². The summed E-state index contributed by atoms with van der Waals surface area (Å²) in [5, 5.41) is 6.28. The largest absolute Gasteiger partial charge is 0.451 e. The van der Waals surface area contributed by atoms with Gasteiger partial charge in [0.15, 0.2) is 35.8 Å². The predicted molar refractivity (Wildman–Crippen MR) is 318 cm³/mol. The minimum Gasteiger partial charge on any atom is -0.451 e. The topological polar surface area (TPSA) is 222 Å². The predicted octanol–water partition coefficient (Wildman–Crippen LogP) is 10.2. The minimum absolute atomic E-state index is 0.0168. The van der Waals surface area contributed by atoms with Crippen LogP contribution in [0, 0.1) is 23.7 Å². The Hall–Kier alpha value is -8.22. The van der Waals surface area contributed by atoms with Gasteiger partial charge >= 0.3 is 48.6 Å². The lowest BCUT2D eigenvalue weighted by molar-refractivity contribution is -0.176. The Labute approximate surface area is 546 Å². The minimum atomic E-state index is -5.24. The van der Waals surface area contributed by atoms with E-state index in [9.17, 15) is 81.5 Å². The molecule has 2 aromatic heterocycles. The molecular formula is C64H80F12N8O12. The number of benzene rings is 2. The number of nitrogens with zero attached hydrogens (tertiary/aromatic N) is 8. The van der Waals surface area contributed by atoms with Crippen molar-refractivity contribution in [2.75, 3.05) is 28.2 Å². The SMILES string of the molecule is CC(C)C[C@H]1C(=O)O[C@H](Cc2ccc(Cn3nc(C(F)(F)F)cc3C(F)(F)F)cc2)C(=O)N(C)[C@@H](CC(C)C)C(=O)O[C@H](C)C(=O)N(C)[C@@H](CC(C)C)C(=O)O[C@H](Cc2ccc(Cn3nc(C(F)(F)F)cc3C(F)(F)F)cc2)C(=O)N(C)[C@@H](CC(C)C)C(=O)O[C@H](C)C(=O)N1C. The molecule has 5 rings (SSSR count). The van der Waals surface area contributed by atoms with Crippen LogP contribution in [0.15, 0.2) is 60.7 Å². The van der Waals surface area contributed by atoms with E-state index in [0.29, 0.717) is 0 Å². The van der Waals surface area contributed by atoms with Gasteiger partial charge in [-0.05, 0) is 85.5 Å². The van der Waals surface area contributed by atoms with E-state index in [1.165, 1.54) is 90.6 Å². The number of halogens is 12. The van der Waals surface area contributed by atoms with E-state index in [4.69, 9.17) is 18.9 Å². The van der Waals surface area contributed by atoms with Crippen molar-refractivity contribution in [2.45, 2.75) is 194 Å². The van der Waals surface area contributed by atoms with Crippen molar-refractivity contribution in [3.05, 3.63) is 106 Å². The van der Waals surface area contributed by atoms with Gasteiger partial charge in [0.25, 0.3) is 23.6 Å². The van der Waals surface area contributed by atoms with Gasteiger partial charge in [0, 0.05) is 53.2 Å². The van der Waals surface area contributed by atoms with Gasteiger partial charge in [0.1, 0.15) is 35.6 Å². The highest BCUT2D eigenvalue weighted by atomic mass is 19.4. The molecule has 4 amide bonds. The Morgan fingerprint density at radius 3 is 0.854 bits per heavy atom. The lowest BCUT2D eigenvalue weighted by Gasteiger charge is -2.35. The van der Waals surface area contributed by atoms with Gasteiger partial charge in [-0.1, -0.05) is 104 Å². The second kappa shape index (κ2) is 31.8. The molecule has 1 fully saturated rings. The van der Waals surface area contributed by atoms with Gasteiger partial charge in [-0.3, -0.25) is 28.5 Å². The Morgan fingerprint density at radius 2 is 0.615 bits per heavy atom. The quantitative estimate of drug-likeness (QED) is 0.0579. The third-order valence-corrected chi connectivity index (χ3v) is 15.8. The summed E-state index contributed by atoms with van der Waals surface area (Å²) in [5.74, 6) is -10.4. The Bertz CT molecular complexity index is 3150. The molecule has 0 radical (unpaired) electrons. The van der Waals surface area contributed by atoms with Crippen LogP contribution in [0.25, 0.3) is 0 Å². The Kier molecular flexibility index (Phi) is 26.0. The first kappa shape index (κ1) is 78.5. The fourth-order valence-electron chi connectivity index (χ4n) is 10.6. The summed E-state index contributed by atoms with van der Waals surface area (Å²) in [7, 11) is 4.71. The molecule has 32 heteroatoms. The van der Waals surface area contributed by atoms with Crippen LogP contribution < -0.4 is 0 Å². The molecule has 0 N–H and O–H groups in total. The number of ether oxygens (including phenoxy) is 4. The summed E-state index contributed by atoms with van der Waals surface area (Å²) in [4.78, 5) is 121. The van der Waals surface area contributed by atoms with Gasteiger partial charge in [-0.2, -0.15) is 62.9 Å². The average Bonchev–Trinajstić information content (AvgIpc) is 1.75. The maximum atomic E-state index is 15.0. The fraction of sp³-hybridized carbons (Fsp3) is 0.594. The van der Waals surface area contributed by atoms with E-state index in [0.717, 1.165) is 19.6 Å². The Morgan fingerprint density at radius 1 is 0.375 bits per heavy atom. The summed E-state index contributed by atoms with van der Waals surface area (Å²) >= 11 is 0. The van der Waals surface area contributed by atoms with Crippen LogP contribution in [0.5, 0.6) is 0 Å². The zero-order chi connectivity index (χ0) is 72.6. The number of hydrogen-bond acceptors (Lipinski definition) is 14. The number of likely N-dealkylation sites (N-methyl/N-ethyl adjacent to an activating group) is 4. The summed E-state index contributed by atoms with van der Waals surface area (Å²) in [6.07, 6.45) is -29.8. The van der Waals surface area contributed by atoms with Crippen molar-refractivity contribution < 1.29 is 110 Å². The first-order chi connectivity index (χ1) is 44.2. The molecule has 20 nitrogen and oxygen atoms in total. The normalized spacial score (nSPS) is 22.1.